The quantitative estimate of drug-likeness (QED) is 0.723. The van der Waals surface area contributed by atoms with E-state index in [0.29, 0.717) is 5.52 Å². The molecule has 1 aliphatic carbocycles. The molecule has 1 saturated carbocycles. The summed E-state index contributed by atoms with van der Waals surface area (Å²) in [6.45, 7) is 1.87. The fraction of sp³-hybridized carbons (Fsp3) is 0.476. The Bertz CT molecular complexity index is 1040. The van der Waals surface area contributed by atoms with Crippen LogP contribution in [0.3, 0.4) is 0 Å². The topological polar surface area (TPSA) is 68.9 Å². The van der Waals surface area contributed by atoms with Crippen LogP contribution in [0.1, 0.15) is 51.5 Å². The van der Waals surface area contributed by atoms with Crippen molar-refractivity contribution in [2.75, 3.05) is 0 Å². The van der Waals surface area contributed by atoms with Crippen molar-refractivity contribution in [3.05, 3.63) is 40.8 Å². The maximum Gasteiger partial charge on any atom is 0.291 e. The molecule has 6 heteroatoms. The highest BCUT2D eigenvalue weighted by molar-refractivity contribution is 6.08. The Kier molecular flexibility index (Phi) is 4.72. The average Bonchev–Trinajstić information content (AvgIpc) is 2.80. The molecule has 0 bridgehead atoms. The first-order chi connectivity index (χ1) is 13.1. The molecule has 1 N–H and O–H groups in total. The lowest BCUT2D eigenvalue weighted by Crippen LogP contribution is -2.39. The summed E-state index contributed by atoms with van der Waals surface area (Å²) >= 11 is 0. The van der Waals surface area contributed by atoms with Crippen LogP contribution in [0.25, 0.3) is 21.8 Å². The molecule has 4 rings (SSSR count). The van der Waals surface area contributed by atoms with E-state index in [1.807, 2.05) is 35.8 Å². The van der Waals surface area contributed by atoms with Crippen molar-refractivity contribution in [1.82, 2.24) is 19.7 Å². The van der Waals surface area contributed by atoms with Crippen molar-refractivity contribution in [3.63, 3.8) is 0 Å². The third-order valence-corrected chi connectivity index (χ3v) is 5.77. The van der Waals surface area contributed by atoms with Gasteiger partial charge in [0.2, 0.25) is 5.91 Å². The van der Waals surface area contributed by atoms with Gasteiger partial charge in [0.1, 0.15) is 11.6 Å². The lowest BCUT2D eigenvalue weighted by Gasteiger charge is -2.21. The van der Waals surface area contributed by atoms with Gasteiger partial charge in [0.05, 0.1) is 11.7 Å². The zero-order valence-electron chi connectivity index (χ0n) is 15.9. The van der Waals surface area contributed by atoms with Gasteiger partial charge in [0.15, 0.2) is 0 Å². The number of hydrogen-bond acceptors (Lipinski definition) is 3. The van der Waals surface area contributed by atoms with Gasteiger partial charge in [-0.15, -0.1) is 0 Å². The maximum absolute atomic E-state index is 13.0. The van der Waals surface area contributed by atoms with E-state index in [-0.39, 0.29) is 17.5 Å². The van der Waals surface area contributed by atoms with Gasteiger partial charge in [0, 0.05) is 23.9 Å². The van der Waals surface area contributed by atoms with Crippen LogP contribution in [0.2, 0.25) is 0 Å². The molecule has 1 amide bonds. The van der Waals surface area contributed by atoms with Crippen molar-refractivity contribution in [1.29, 1.82) is 0 Å². The van der Waals surface area contributed by atoms with E-state index < -0.39 is 6.04 Å². The summed E-state index contributed by atoms with van der Waals surface area (Å²) in [5.41, 5.74) is 1.25. The number of benzene rings is 1. The average molecular weight is 366 g/mol. The highest BCUT2D eigenvalue weighted by Gasteiger charge is 2.25. The lowest BCUT2D eigenvalue weighted by atomic mass is 10.1. The number of rotatable bonds is 3. The van der Waals surface area contributed by atoms with Crippen molar-refractivity contribution in [2.45, 2.75) is 57.5 Å². The minimum Gasteiger partial charge on any atom is -0.352 e. The van der Waals surface area contributed by atoms with E-state index in [0.717, 1.165) is 29.1 Å². The molecule has 142 valence electrons. The largest absolute Gasteiger partial charge is 0.352 e. The van der Waals surface area contributed by atoms with Gasteiger partial charge in [-0.25, -0.2) is 4.68 Å². The van der Waals surface area contributed by atoms with E-state index in [1.165, 1.54) is 30.4 Å². The fourth-order valence-electron chi connectivity index (χ4n) is 4.25. The number of amides is 1. The number of aromatic nitrogens is 3. The molecule has 6 nitrogen and oxygen atoms in total. The molecule has 0 spiro atoms. The number of aryl methyl sites for hydroxylation is 1. The minimum absolute atomic E-state index is 0.0246. The highest BCUT2D eigenvalue weighted by Crippen LogP contribution is 2.29. The Labute approximate surface area is 158 Å². The number of nitrogens with one attached hydrogen (secondary N) is 1. The van der Waals surface area contributed by atoms with E-state index in [1.54, 1.807) is 13.2 Å². The van der Waals surface area contributed by atoms with Gasteiger partial charge in [0.25, 0.3) is 5.56 Å². The summed E-state index contributed by atoms with van der Waals surface area (Å²) in [6.07, 6.45) is 8.62. The van der Waals surface area contributed by atoms with Crippen molar-refractivity contribution in [2.24, 2.45) is 7.05 Å². The SMILES string of the molecule is CC(C(=O)NC1CCCCCC1)n1c2ccccc2c2cnn(C)c(=O)c21. The second-order valence-corrected chi connectivity index (χ2v) is 7.60. The Morgan fingerprint density at radius 1 is 1.15 bits per heavy atom. The summed E-state index contributed by atoms with van der Waals surface area (Å²) < 4.78 is 3.20. The molecule has 1 fully saturated rings. The second kappa shape index (κ2) is 7.18. The van der Waals surface area contributed by atoms with E-state index in [2.05, 4.69) is 10.4 Å². The maximum atomic E-state index is 13.0. The third-order valence-electron chi connectivity index (χ3n) is 5.77. The molecule has 0 radical (unpaired) electrons. The predicted molar refractivity (Wildman–Crippen MR) is 107 cm³/mol. The number of fused-ring (bicyclic) bond motifs is 3. The van der Waals surface area contributed by atoms with Crippen molar-refractivity contribution < 1.29 is 4.79 Å². The van der Waals surface area contributed by atoms with Crippen LogP contribution in [0, 0.1) is 0 Å². The Balaban J connectivity index is 1.78. The summed E-state index contributed by atoms with van der Waals surface area (Å²) in [6, 6.07) is 7.59. The van der Waals surface area contributed by atoms with Crippen molar-refractivity contribution in [3.8, 4) is 0 Å². The zero-order valence-corrected chi connectivity index (χ0v) is 15.9. The van der Waals surface area contributed by atoms with E-state index >= 15 is 0 Å². The lowest BCUT2D eigenvalue weighted by molar-refractivity contribution is -0.124. The first kappa shape index (κ1) is 17.8. The third kappa shape index (κ3) is 3.13. The smallest absolute Gasteiger partial charge is 0.291 e. The van der Waals surface area contributed by atoms with Gasteiger partial charge in [-0.1, -0.05) is 43.9 Å². The van der Waals surface area contributed by atoms with Crippen LogP contribution in [0.15, 0.2) is 35.3 Å². The van der Waals surface area contributed by atoms with Gasteiger partial charge >= 0.3 is 0 Å². The molecular formula is C21H26N4O2. The van der Waals surface area contributed by atoms with Crippen molar-refractivity contribution >= 4 is 27.7 Å². The van der Waals surface area contributed by atoms with Crippen LogP contribution < -0.4 is 10.9 Å². The molecule has 0 saturated heterocycles. The Morgan fingerprint density at radius 2 is 1.85 bits per heavy atom. The van der Waals surface area contributed by atoms with Crippen LogP contribution in [-0.2, 0) is 11.8 Å². The number of hydrogen-bond donors (Lipinski definition) is 1. The summed E-state index contributed by atoms with van der Waals surface area (Å²) in [4.78, 5) is 25.9. The van der Waals surface area contributed by atoms with Gasteiger partial charge < -0.3 is 9.88 Å². The zero-order chi connectivity index (χ0) is 19.0. The monoisotopic (exact) mass is 366 g/mol. The molecule has 1 aromatic carbocycles. The van der Waals surface area contributed by atoms with E-state index in [9.17, 15) is 9.59 Å². The minimum atomic E-state index is -0.467. The number of carbonyl (C=O) groups excluding carboxylic acids is 1. The van der Waals surface area contributed by atoms with E-state index in [4.69, 9.17) is 0 Å². The molecule has 1 atom stereocenters. The van der Waals surface area contributed by atoms with Gasteiger partial charge in [-0.3, -0.25) is 9.59 Å². The fourth-order valence-corrected chi connectivity index (χ4v) is 4.25. The summed E-state index contributed by atoms with van der Waals surface area (Å²) in [5, 5.41) is 9.14. The predicted octanol–water partition coefficient (Wildman–Crippen LogP) is 3.29. The summed E-state index contributed by atoms with van der Waals surface area (Å²) in [5.74, 6) is -0.0246. The van der Waals surface area contributed by atoms with Crippen LogP contribution >= 0.6 is 0 Å². The Morgan fingerprint density at radius 3 is 2.59 bits per heavy atom. The van der Waals surface area contributed by atoms with Crippen LogP contribution in [-0.4, -0.2) is 26.3 Å². The Hall–Kier alpha value is -2.63. The molecule has 1 unspecified atom stereocenters. The van der Waals surface area contributed by atoms with Gasteiger partial charge in [-0.2, -0.15) is 5.10 Å². The van der Waals surface area contributed by atoms with Crippen LogP contribution in [0.4, 0.5) is 0 Å². The number of para-hydroxylation sites is 1. The highest BCUT2D eigenvalue weighted by atomic mass is 16.2. The van der Waals surface area contributed by atoms with Crippen LogP contribution in [0.5, 0.6) is 0 Å². The van der Waals surface area contributed by atoms with Gasteiger partial charge in [-0.05, 0) is 25.8 Å². The molecule has 1 aliphatic rings. The standard InChI is InChI=1S/C21H26N4O2/c1-14(20(26)23-15-9-5-3-4-6-10-15)25-18-12-8-7-11-16(18)17-13-22-24(2)21(27)19(17)25/h7-8,11-15H,3-6,9-10H2,1-2H3,(H,23,26). The first-order valence-corrected chi connectivity index (χ1v) is 9.83. The molecule has 27 heavy (non-hydrogen) atoms. The first-order valence-electron chi connectivity index (χ1n) is 9.83. The molecule has 2 heterocycles. The summed E-state index contributed by atoms with van der Waals surface area (Å²) in [7, 11) is 1.64. The molecule has 2 aromatic heterocycles. The molecule has 3 aromatic rings. The number of carbonyl (C=O) groups is 1. The molecular weight excluding hydrogens is 340 g/mol. The second-order valence-electron chi connectivity index (χ2n) is 7.60. The molecule has 0 aliphatic heterocycles. The normalized spacial score (nSPS) is 17.1. The number of nitrogens with zero attached hydrogens (tertiary/aromatic N) is 3.